The number of pyridine rings is 1. The fourth-order valence-electron chi connectivity index (χ4n) is 3.34. The first kappa shape index (κ1) is 16.3. The fourth-order valence-corrected chi connectivity index (χ4v) is 3.34. The number of nitrogens with one attached hydrogen (secondary N) is 1. The lowest BCUT2D eigenvalue weighted by molar-refractivity contribution is 0.102. The van der Waals surface area contributed by atoms with E-state index < -0.39 is 0 Å². The summed E-state index contributed by atoms with van der Waals surface area (Å²) in [6.07, 6.45) is 2.71. The van der Waals surface area contributed by atoms with E-state index in [1.165, 1.54) is 11.1 Å². The highest BCUT2D eigenvalue weighted by Gasteiger charge is 2.22. The van der Waals surface area contributed by atoms with Crippen molar-refractivity contribution in [2.75, 3.05) is 16.8 Å². The maximum atomic E-state index is 12.8. The van der Waals surface area contributed by atoms with Gasteiger partial charge in [-0.1, -0.05) is 42.0 Å². The van der Waals surface area contributed by atoms with Crippen LogP contribution in [-0.2, 0) is 13.0 Å². The Bertz CT molecular complexity index is 934. The Kier molecular flexibility index (Phi) is 4.40. The van der Waals surface area contributed by atoms with Gasteiger partial charge in [0.15, 0.2) is 0 Å². The summed E-state index contributed by atoms with van der Waals surface area (Å²) in [5.74, 6) is 0.613. The topological polar surface area (TPSA) is 45.2 Å². The van der Waals surface area contributed by atoms with Gasteiger partial charge in [-0.25, -0.2) is 4.98 Å². The zero-order chi connectivity index (χ0) is 17.9. The lowest BCUT2D eigenvalue weighted by Crippen LogP contribution is -2.32. The van der Waals surface area contributed by atoms with Crippen LogP contribution in [0.3, 0.4) is 0 Å². The van der Waals surface area contributed by atoms with E-state index in [1.54, 1.807) is 6.20 Å². The summed E-state index contributed by atoms with van der Waals surface area (Å²) in [6, 6.07) is 19.9. The Labute approximate surface area is 153 Å². The van der Waals surface area contributed by atoms with Gasteiger partial charge in [-0.2, -0.15) is 0 Å². The normalized spacial score (nSPS) is 13.2. The van der Waals surface area contributed by atoms with Crippen LogP contribution in [0.2, 0.25) is 0 Å². The highest BCUT2D eigenvalue weighted by molar-refractivity contribution is 6.07. The van der Waals surface area contributed by atoms with Gasteiger partial charge in [0.25, 0.3) is 5.91 Å². The van der Waals surface area contributed by atoms with Gasteiger partial charge in [-0.05, 0) is 48.7 Å². The molecule has 0 bridgehead atoms. The molecule has 0 aliphatic carbocycles. The van der Waals surface area contributed by atoms with Crippen LogP contribution in [0.25, 0.3) is 0 Å². The van der Waals surface area contributed by atoms with Crippen molar-refractivity contribution < 1.29 is 4.79 Å². The Morgan fingerprint density at radius 1 is 1.00 bits per heavy atom. The largest absolute Gasteiger partial charge is 0.351 e. The average Bonchev–Trinajstić information content (AvgIpc) is 2.69. The van der Waals surface area contributed by atoms with Crippen LogP contribution in [0.4, 0.5) is 11.5 Å². The van der Waals surface area contributed by atoms with Crippen LogP contribution in [0.15, 0.2) is 66.9 Å². The molecule has 1 N–H and O–H groups in total. The SMILES string of the molecule is Cc1ccc(NC(=O)c2cccnc2N2CCc3ccccc3C2)cc1. The number of carbonyl (C=O) groups is 1. The lowest BCUT2D eigenvalue weighted by atomic mass is 9.99. The molecule has 0 unspecified atom stereocenters. The Hall–Kier alpha value is -3.14. The van der Waals surface area contributed by atoms with Gasteiger partial charge in [0.1, 0.15) is 5.82 Å². The van der Waals surface area contributed by atoms with E-state index in [1.807, 2.05) is 43.3 Å². The molecular weight excluding hydrogens is 322 g/mol. The maximum absolute atomic E-state index is 12.8. The molecular formula is C22H21N3O. The number of carbonyl (C=O) groups excluding carboxylic acids is 1. The van der Waals surface area contributed by atoms with Gasteiger partial charge in [0.05, 0.1) is 5.56 Å². The molecule has 0 radical (unpaired) electrons. The summed E-state index contributed by atoms with van der Waals surface area (Å²) >= 11 is 0. The minimum atomic E-state index is -0.129. The number of hydrogen-bond acceptors (Lipinski definition) is 3. The van der Waals surface area contributed by atoms with Crippen molar-refractivity contribution in [2.45, 2.75) is 19.9 Å². The number of rotatable bonds is 3. The van der Waals surface area contributed by atoms with Gasteiger partial charge in [0.2, 0.25) is 0 Å². The van der Waals surface area contributed by atoms with Gasteiger partial charge in [-0.15, -0.1) is 0 Å². The van der Waals surface area contributed by atoms with Crippen molar-refractivity contribution in [3.8, 4) is 0 Å². The Balaban J connectivity index is 1.59. The molecule has 4 heteroatoms. The summed E-state index contributed by atoms with van der Waals surface area (Å²) in [5.41, 5.74) is 5.24. The molecule has 0 atom stereocenters. The number of aromatic nitrogens is 1. The third-order valence-corrected chi connectivity index (χ3v) is 4.77. The number of nitrogens with zero attached hydrogens (tertiary/aromatic N) is 2. The van der Waals surface area contributed by atoms with Crippen molar-refractivity contribution >= 4 is 17.4 Å². The summed E-state index contributed by atoms with van der Waals surface area (Å²) in [4.78, 5) is 19.5. The van der Waals surface area contributed by atoms with E-state index in [-0.39, 0.29) is 5.91 Å². The van der Waals surface area contributed by atoms with Crippen molar-refractivity contribution in [1.82, 2.24) is 4.98 Å². The highest BCUT2D eigenvalue weighted by Crippen LogP contribution is 2.26. The number of hydrogen-bond donors (Lipinski definition) is 1. The van der Waals surface area contributed by atoms with Gasteiger partial charge in [-0.3, -0.25) is 4.79 Å². The number of anilines is 2. The molecule has 130 valence electrons. The Morgan fingerprint density at radius 2 is 1.77 bits per heavy atom. The molecule has 0 saturated carbocycles. The molecule has 26 heavy (non-hydrogen) atoms. The molecule has 2 heterocycles. The van der Waals surface area contributed by atoms with Crippen molar-refractivity contribution in [2.24, 2.45) is 0 Å². The molecule has 0 fully saturated rings. The van der Waals surface area contributed by atoms with E-state index in [2.05, 4.69) is 39.5 Å². The molecule has 4 nitrogen and oxygen atoms in total. The minimum absolute atomic E-state index is 0.129. The number of amides is 1. The summed E-state index contributed by atoms with van der Waals surface area (Å²) in [6.45, 7) is 3.66. The molecule has 1 aliphatic heterocycles. The second kappa shape index (κ2) is 7.00. The standard InChI is InChI=1S/C22H21N3O/c1-16-8-10-19(11-9-16)24-22(26)20-7-4-13-23-21(20)25-14-12-17-5-2-3-6-18(17)15-25/h2-11,13H,12,14-15H2,1H3,(H,24,26). The predicted molar refractivity (Wildman–Crippen MR) is 105 cm³/mol. The van der Waals surface area contributed by atoms with Crippen molar-refractivity contribution in [1.29, 1.82) is 0 Å². The van der Waals surface area contributed by atoms with Gasteiger partial charge < -0.3 is 10.2 Å². The van der Waals surface area contributed by atoms with E-state index >= 15 is 0 Å². The van der Waals surface area contributed by atoms with Crippen LogP contribution in [0.5, 0.6) is 0 Å². The second-order valence-corrected chi connectivity index (χ2v) is 6.63. The van der Waals surface area contributed by atoms with E-state index in [0.29, 0.717) is 5.56 Å². The first-order chi connectivity index (χ1) is 12.7. The van der Waals surface area contributed by atoms with E-state index in [0.717, 1.165) is 36.6 Å². The number of benzene rings is 2. The van der Waals surface area contributed by atoms with Crippen molar-refractivity contribution in [3.05, 3.63) is 89.1 Å². The molecule has 3 aromatic rings. The zero-order valence-electron chi connectivity index (χ0n) is 14.8. The third kappa shape index (κ3) is 3.31. The van der Waals surface area contributed by atoms with Crippen LogP contribution in [-0.4, -0.2) is 17.4 Å². The van der Waals surface area contributed by atoms with Gasteiger partial charge in [0, 0.05) is 25.0 Å². The molecule has 1 amide bonds. The van der Waals surface area contributed by atoms with Gasteiger partial charge >= 0.3 is 0 Å². The Morgan fingerprint density at radius 3 is 2.58 bits per heavy atom. The first-order valence-electron chi connectivity index (χ1n) is 8.85. The first-order valence-corrected chi connectivity index (χ1v) is 8.85. The predicted octanol–water partition coefficient (Wildman–Crippen LogP) is 4.21. The summed E-state index contributed by atoms with van der Waals surface area (Å²) < 4.78 is 0. The quantitative estimate of drug-likeness (QED) is 0.775. The van der Waals surface area contributed by atoms with Crippen LogP contribution in [0.1, 0.15) is 27.0 Å². The van der Waals surface area contributed by atoms with E-state index in [4.69, 9.17) is 0 Å². The fraction of sp³-hybridized carbons (Fsp3) is 0.182. The highest BCUT2D eigenvalue weighted by atomic mass is 16.1. The van der Waals surface area contributed by atoms with Crippen LogP contribution in [0, 0.1) is 6.92 Å². The molecule has 0 spiro atoms. The van der Waals surface area contributed by atoms with Crippen molar-refractivity contribution in [3.63, 3.8) is 0 Å². The zero-order valence-corrected chi connectivity index (χ0v) is 14.8. The third-order valence-electron chi connectivity index (χ3n) is 4.77. The van der Waals surface area contributed by atoms with E-state index in [9.17, 15) is 4.79 Å². The number of aryl methyl sites for hydroxylation is 1. The maximum Gasteiger partial charge on any atom is 0.259 e. The summed E-state index contributed by atoms with van der Waals surface area (Å²) in [7, 11) is 0. The molecule has 0 saturated heterocycles. The average molecular weight is 343 g/mol. The monoisotopic (exact) mass is 343 g/mol. The summed E-state index contributed by atoms with van der Waals surface area (Å²) in [5, 5.41) is 2.98. The second-order valence-electron chi connectivity index (χ2n) is 6.63. The lowest BCUT2D eigenvalue weighted by Gasteiger charge is -2.30. The smallest absolute Gasteiger partial charge is 0.259 e. The number of fused-ring (bicyclic) bond motifs is 1. The molecule has 1 aliphatic rings. The molecule has 4 rings (SSSR count). The van der Waals surface area contributed by atoms with Crippen LogP contribution < -0.4 is 10.2 Å². The minimum Gasteiger partial charge on any atom is -0.351 e. The van der Waals surface area contributed by atoms with Crippen LogP contribution >= 0.6 is 0 Å². The molecule has 2 aromatic carbocycles. The molecule has 1 aromatic heterocycles.